The molecule has 1 saturated heterocycles. The highest BCUT2D eigenvalue weighted by Crippen LogP contribution is 2.66. The average molecular weight is 764 g/mol. The predicted octanol–water partition coefficient (Wildman–Crippen LogP) is 2.49. The molecule has 5 fully saturated rings. The second-order valence-electron chi connectivity index (χ2n) is 15.9. The summed E-state index contributed by atoms with van der Waals surface area (Å²) in [7, 11) is 1.08. The van der Waals surface area contributed by atoms with E-state index in [1.54, 1.807) is 0 Å². The molecule has 17 nitrogen and oxygen atoms in total. The summed E-state index contributed by atoms with van der Waals surface area (Å²) in [6.45, 7) is 8.63. The van der Waals surface area contributed by atoms with Crippen LogP contribution in [0.1, 0.15) is 92.9 Å². The minimum Gasteiger partial charge on any atom is -0.467 e. The molecule has 1 aliphatic heterocycles. The van der Waals surface area contributed by atoms with Gasteiger partial charge in [0.05, 0.1) is 19.4 Å². The smallest absolute Gasteiger partial charge is 0.339 e. The maximum Gasteiger partial charge on any atom is 0.339 e. The van der Waals surface area contributed by atoms with Crippen molar-refractivity contribution in [2.24, 2.45) is 51.3 Å². The van der Waals surface area contributed by atoms with E-state index in [4.69, 9.17) is 38.9 Å². The molecule has 0 unspecified atom stereocenters. The van der Waals surface area contributed by atoms with E-state index < -0.39 is 66.0 Å². The number of ketones is 1. The van der Waals surface area contributed by atoms with Crippen molar-refractivity contribution in [3.63, 3.8) is 0 Å². The predicted molar refractivity (Wildman–Crippen MR) is 185 cm³/mol. The van der Waals surface area contributed by atoms with Crippen LogP contribution >= 0.6 is 0 Å². The van der Waals surface area contributed by atoms with Crippen molar-refractivity contribution in [3.05, 3.63) is 0 Å². The van der Waals surface area contributed by atoms with E-state index in [0.29, 0.717) is 12.1 Å². The number of carbonyl (C=O) groups excluding carboxylic acids is 7. The van der Waals surface area contributed by atoms with Crippen LogP contribution in [0, 0.1) is 40.4 Å². The standard InChI is InChI=1S/C37H53N3O14/c1-17(41)50-22-12-13-36(5)21(14-22)8-9-23-24-10-11-25(37(24,6)15-27(45)28(23)36)26(39-40-35(38)47)16-49-34-32(53-20(4)44)30(52-19(3)43)29(51-18(2)42)31(54-34)33(46)48-7/h21-25,28-32,34H,8-16H2,1-7H3,(H3,38,40,47)/b39-26+/t21-,22-,23+,24-,25+,28-,29-,30-,31-,32+,34+,36+,37-/m1/s1. The molecule has 54 heavy (non-hydrogen) atoms. The monoisotopic (exact) mass is 763 g/mol. The van der Waals surface area contributed by atoms with Crippen molar-refractivity contribution in [2.45, 2.75) is 130 Å². The van der Waals surface area contributed by atoms with Gasteiger partial charge in [-0.2, -0.15) is 5.10 Å². The first-order valence-corrected chi connectivity index (χ1v) is 18.6. The van der Waals surface area contributed by atoms with Crippen LogP contribution in [0.4, 0.5) is 4.79 Å². The maximum absolute atomic E-state index is 14.4. The molecule has 3 N–H and O–H groups in total. The first kappa shape index (κ1) is 41.1. The van der Waals surface area contributed by atoms with Gasteiger partial charge in [-0.15, -0.1) is 0 Å². The molecule has 4 saturated carbocycles. The Kier molecular flexibility index (Phi) is 12.4. The summed E-state index contributed by atoms with van der Waals surface area (Å²) >= 11 is 0. The number of hydrogen-bond donors (Lipinski definition) is 2. The number of nitrogens with two attached hydrogens (primary N) is 1. The van der Waals surface area contributed by atoms with Gasteiger partial charge < -0.3 is 38.9 Å². The van der Waals surface area contributed by atoms with E-state index in [9.17, 15) is 33.6 Å². The zero-order valence-corrected chi connectivity index (χ0v) is 32.0. The van der Waals surface area contributed by atoms with E-state index >= 15 is 0 Å². The molecule has 5 aliphatic rings. The lowest BCUT2D eigenvalue weighted by Gasteiger charge is -2.60. The second-order valence-corrected chi connectivity index (χ2v) is 15.9. The number of hydrogen-bond acceptors (Lipinski definition) is 15. The average Bonchev–Trinajstić information content (AvgIpc) is 3.41. The van der Waals surface area contributed by atoms with Crippen LogP contribution in [0.25, 0.3) is 0 Å². The van der Waals surface area contributed by atoms with Gasteiger partial charge in [-0.1, -0.05) is 13.8 Å². The Bertz CT molecular complexity index is 1550. The van der Waals surface area contributed by atoms with Crippen molar-refractivity contribution in [1.82, 2.24) is 5.43 Å². The number of ether oxygens (including phenoxy) is 7. The third kappa shape index (κ3) is 8.26. The lowest BCUT2D eigenvalue weighted by molar-refractivity contribution is -0.298. The molecule has 0 radical (unpaired) electrons. The third-order valence-corrected chi connectivity index (χ3v) is 12.6. The molecule has 300 valence electrons. The molecule has 0 spiro atoms. The van der Waals surface area contributed by atoms with Crippen LogP contribution in [0.2, 0.25) is 0 Å². The Morgan fingerprint density at radius 1 is 0.833 bits per heavy atom. The lowest BCUT2D eigenvalue weighted by atomic mass is 9.44. The molecule has 1 heterocycles. The second kappa shape index (κ2) is 16.3. The van der Waals surface area contributed by atoms with Crippen LogP contribution in [-0.2, 0) is 61.9 Å². The number of primary amides is 1. The summed E-state index contributed by atoms with van der Waals surface area (Å²) in [5.74, 6) is -3.56. The molecular weight excluding hydrogens is 710 g/mol. The zero-order chi connectivity index (χ0) is 39.7. The van der Waals surface area contributed by atoms with Gasteiger partial charge in [-0.3, -0.25) is 24.0 Å². The number of methoxy groups -OCH3 is 1. The molecule has 0 aromatic rings. The highest BCUT2D eigenvalue weighted by atomic mass is 16.7. The van der Waals surface area contributed by atoms with Crippen molar-refractivity contribution in [2.75, 3.05) is 13.7 Å². The fraction of sp³-hybridized carbons (Fsp3) is 0.784. The maximum atomic E-state index is 14.4. The number of nitrogens with one attached hydrogen (secondary N) is 1. The van der Waals surface area contributed by atoms with Crippen LogP contribution in [0.5, 0.6) is 0 Å². The zero-order valence-electron chi connectivity index (χ0n) is 32.0. The Morgan fingerprint density at radius 3 is 2.07 bits per heavy atom. The topological polar surface area (TPSA) is 235 Å². The van der Waals surface area contributed by atoms with E-state index in [0.717, 1.165) is 66.4 Å². The number of rotatable bonds is 10. The number of hydrazone groups is 1. The summed E-state index contributed by atoms with van der Waals surface area (Å²) in [5.41, 5.74) is 7.26. The summed E-state index contributed by atoms with van der Waals surface area (Å²) in [4.78, 5) is 87.6. The number of carbonyl (C=O) groups is 7. The number of nitrogens with zero attached hydrogens (tertiary/aromatic N) is 1. The number of urea groups is 1. The molecule has 2 amide bonds. The van der Waals surface area contributed by atoms with Gasteiger partial charge in [0.2, 0.25) is 0 Å². The highest BCUT2D eigenvalue weighted by Gasteiger charge is 2.64. The SMILES string of the molecule is COC(=O)[C@@H]1O[C@H](OC/C(=N\NC(N)=O)[C@@H]2CC[C@@H]3[C@@H]4CC[C@@H]5C[C@H](OC(C)=O)CC[C@]5(C)[C@H]4C(=O)C[C@]32C)[C@@H](OC(C)=O)[C@H](OC(C)=O)[C@H]1OC(C)=O. The molecule has 4 aliphatic carbocycles. The quantitative estimate of drug-likeness (QED) is 0.141. The van der Waals surface area contributed by atoms with Crippen LogP contribution in [0.15, 0.2) is 5.10 Å². The number of Topliss-reactive ketones (excluding diaryl/α,β-unsaturated/α-hetero) is 1. The Hall–Kier alpha value is -4.12. The van der Waals surface area contributed by atoms with E-state index in [-0.39, 0.29) is 65.9 Å². The highest BCUT2D eigenvalue weighted by molar-refractivity contribution is 5.92. The van der Waals surface area contributed by atoms with Gasteiger partial charge in [-0.05, 0) is 73.5 Å². The first-order chi connectivity index (χ1) is 25.4. The van der Waals surface area contributed by atoms with Crippen LogP contribution in [-0.4, -0.2) is 97.9 Å². The van der Waals surface area contributed by atoms with Crippen molar-refractivity contribution in [1.29, 1.82) is 0 Å². The van der Waals surface area contributed by atoms with E-state index in [1.807, 2.05) is 0 Å². The Balaban J connectivity index is 1.42. The largest absolute Gasteiger partial charge is 0.467 e. The van der Waals surface area contributed by atoms with E-state index in [2.05, 4.69) is 24.4 Å². The van der Waals surface area contributed by atoms with Crippen LogP contribution < -0.4 is 11.2 Å². The van der Waals surface area contributed by atoms with Crippen molar-refractivity contribution in [3.8, 4) is 0 Å². The minimum absolute atomic E-state index is 0.123. The van der Waals surface area contributed by atoms with Crippen molar-refractivity contribution >= 4 is 47.4 Å². The first-order valence-electron chi connectivity index (χ1n) is 18.6. The number of esters is 5. The summed E-state index contributed by atoms with van der Waals surface area (Å²) in [6.07, 6.45) is -2.33. The van der Waals surface area contributed by atoms with Gasteiger partial charge >= 0.3 is 35.9 Å². The van der Waals surface area contributed by atoms with Gasteiger partial charge in [0.25, 0.3) is 0 Å². The van der Waals surface area contributed by atoms with Gasteiger partial charge in [0.1, 0.15) is 11.9 Å². The fourth-order valence-electron chi connectivity index (χ4n) is 10.6. The van der Waals surface area contributed by atoms with Crippen LogP contribution in [0.3, 0.4) is 0 Å². The molecule has 13 atom stereocenters. The third-order valence-electron chi connectivity index (χ3n) is 12.6. The lowest BCUT2D eigenvalue weighted by Crippen LogP contribution is -2.64. The number of fused-ring (bicyclic) bond motifs is 5. The molecule has 0 aromatic heterocycles. The number of amides is 2. The van der Waals surface area contributed by atoms with Gasteiger partial charge in [0, 0.05) is 46.0 Å². The Morgan fingerprint density at radius 2 is 1.46 bits per heavy atom. The van der Waals surface area contributed by atoms with Crippen molar-refractivity contribution < 1.29 is 66.7 Å². The molecule has 0 aromatic carbocycles. The molecule has 5 rings (SSSR count). The Labute approximate surface area is 314 Å². The molecule has 17 heteroatoms. The summed E-state index contributed by atoms with van der Waals surface area (Å²) in [6, 6.07) is -0.931. The normalized spacial score (nSPS) is 38.8. The minimum atomic E-state index is -1.66. The summed E-state index contributed by atoms with van der Waals surface area (Å²) < 4.78 is 38.9. The molecule has 0 bridgehead atoms. The van der Waals surface area contributed by atoms with E-state index in [1.165, 1.54) is 6.92 Å². The van der Waals surface area contributed by atoms with Gasteiger partial charge in [-0.25, -0.2) is 15.0 Å². The summed E-state index contributed by atoms with van der Waals surface area (Å²) in [5, 5.41) is 4.35. The molecular formula is C37H53N3O14. The fourth-order valence-corrected chi connectivity index (χ4v) is 10.6. The van der Waals surface area contributed by atoms with Gasteiger partial charge in [0.15, 0.2) is 30.7 Å².